The van der Waals surface area contributed by atoms with Crippen molar-refractivity contribution in [3.8, 4) is 17.2 Å². The zero-order valence-corrected chi connectivity index (χ0v) is 27.8. The van der Waals surface area contributed by atoms with Gasteiger partial charge in [0.2, 0.25) is 0 Å². The van der Waals surface area contributed by atoms with Gasteiger partial charge in [0.15, 0.2) is 0 Å². The van der Waals surface area contributed by atoms with Crippen LogP contribution in [-0.2, 0) is 13.5 Å². The minimum absolute atomic E-state index is 0.320. The van der Waals surface area contributed by atoms with Crippen molar-refractivity contribution >= 4 is 29.7 Å². The van der Waals surface area contributed by atoms with Gasteiger partial charge < -0.3 is 9.64 Å². The van der Waals surface area contributed by atoms with E-state index < -0.39 is 13.5 Å². The third-order valence-corrected chi connectivity index (χ3v) is 8.12. The molecule has 4 rings (SSSR count). The number of benzene rings is 4. The van der Waals surface area contributed by atoms with Crippen molar-refractivity contribution in [3.05, 3.63) is 127 Å². The molecule has 0 saturated carbocycles. The SMILES string of the molecule is CC(C)c1cccc(C(C)C)c1O[CH-]N(c1ccccc1)C(C)C.[Cl][Ru]([Cl])=[CH]c1ccccc1Oc1ccccc1. The van der Waals surface area contributed by atoms with Crippen molar-refractivity contribution in [3.63, 3.8) is 0 Å². The van der Waals surface area contributed by atoms with Gasteiger partial charge in [0.25, 0.3) is 0 Å². The van der Waals surface area contributed by atoms with Gasteiger partial charge >= 0.3 is 114 Å². The number of para-hydroxylation sites is 4. The molecule has 0 heterocycles. The molecule has 0 spiro atoms. The van der Waals surface area contributed by atoms with Crippen molar-refractivity contribution in [1.82, 2.24) is 0 Å². The molecule has 4 aromatic carbocycles. The van der Waals surface area contributed by atoms with Gasteiger partial charge in [-0.2, -0.15) is 0 Å². The third-order valence-electron chi connectivity index (χ3n) is 6.29. The molecule has 6 heteroatoms. The number of hydrogen-bond donors (Lipinski definition) is 0. The molecule has 0 saturated heterocycles. The van der Waals surface area contributed by atoms with Crippen LogP contribution >= 0.6 is 19.4 Å². The zero-order valence-electron chi connectivity index (χ0n) is 24.6. The van der Waals surface area contributed by atoms with Gasteiger partial charge in [-0.3, -0.25) is 0 Å². The standard InChI is InChI=1S/C22H30NO.C13H10O.2ClH.Ru/c1-16(2)20-13-10-14-21(17(3)4)22(20)24-15-23(18(5)6)19-11-8-7-9-12-19;1-11-7-5-6-10-13(11)14-12-8-3-2-4-9-12;;;/h7-18H,1-6H3;1-10H;2*1H;/q-1;;;;+2/p-2. The Labute approximate surface area is 259 Å². The van der Waals surface area contributed by atoms with Crippen molar-refractivity contribution < 1.29 is 23.0 Å². The summed E-state index contributed by atoms with van der Waals surface area (Å²) >= 11 is -1.83. The summed E-state index contributed by atoms with van der Waals surface area (Å²) in [5.74, 6) is 3.44. The average molecular weight is 679 g/mol. The molecule has 41 heavy (non-hydrogen) atoms. The molecule has 0 N–H and O–H groups in total. The van der Waals surface area contributed by atoms with E-state index in [1.165, 1.54) is 11.1 Å². The van der Waals surface area contributed by atoms with E-state index in [-0.39, 0.29) is 0 Å². The quantitative estimate of drug-likeness (QED) is 0.123. The molecule has 0 aromatic heterocycles. The Bertz CT molecular complexity index is 1350. The number of rotatable bonds is 10. The Morgan fingerprint density at radius 2 is 1.22 bits per heavy atom. The van der Waals surface area contributed by atoms with Gasteiger partial charge in [-0.05, 0) is 55.0 Å². The first-order chi connectivity index (χ1) is 19.7. The van der Waals surface area contributed by atoms with Gasteiger partial charge in [-0.1, -0.05) is 70.8 Å². The average Bonchev–Trinajstić information content (AvgIpc) is 2.95. The molecule has 0 radical (unpaired) electrons. The van der Waals surface area contributed by atoms with E-state index in [1.807, 2.05) is 72.0 Å². The van der Waals surface area contributed by atoms with Crippen LogP contribution in [0, 0.1) is 6.73 Å². The summed E-state index contributed by atoms with van der Waals surface area (Å²) in [6.07, 6.45) is 0. The summed E-state index contributed by atoms with van der Waals surface area (Å²) in [5, 5.41) is 0. The molecule has 220 valence electrons. The molecule has 0 aliphatic rings. The molecule has 0 unspecified atom stereocenters. The summed E-state index contributed by atoms with van der Waals surface area (Å²) < 4.78 is 13.9. The molecule has 0 aliphatic carbocycles. The molecular weight excluding hydrogens is 638 g/mol. The van der Waals surface area contributed by atoms with E-state index in [4.69, 9.17) is 28.9 Å². The molecule has 3 nitrogen and oxygen atoms in total. The van der Waals surface area contributed by atoms with Crippen molar-refractivity contribution in [2.45, 2.75) is 59.4 Å². The summed E-state index contributed by atoms with van der Waals surface area (Å²) in [6, 6.07) is 34.5. The Kier molecular flexibility index (Phi) is 13.4. The summed E-state index contributed by atoms with van der Waals surface area (Å²) in [7, 11) is 11.8. The number of hydrogen-bond acceptors (Lipinski definition) is 3. The summed E-state index contributed by atoms with van der Waals surface area (Å²) in [4.78, 5) is 2.17. The maximum absolute atomic E-state index is 6.27. The number of nitrogens with zero attached hydrogens (tertiary/aromatic N) is 1. The van der Waals surface area contributed by atoms with E-state index in [0.717, 1.165) is 28.5 Å². The Balaban J connectivity index is 0.000000239. The molecule has 0 fully saturated rings. The predicted molar refractivity (Wildman–Crippen MR) is 173 cm³/mol. The van der Waals surface area contributed by atoms with Gasteiger partial charge in [0.1, 0.15) is 0 Å². The predicted octanol–water partition coefficient (Wildman–Crippen LogP) is 10.9. The molecule has 0 aliphatic heterocycles. The van der Waals surface area contributed by atoms with Crippen LogP contribution in [0.25, 0.3) is 0 Å². The first kappa shape index (κ1) is 32.9. The minimum atomic E-state index is -1.83. The van der Waals surface area contributed by atoms with Crippen molar-refractivity contribution in [1.29, 1.82) is 0 Å². The van der Waals surface area contributed by atoms with E-state index in [2.05, 4.69) is 88.9 Å². The van der Waals surface area contributed by atoms with Crippen LogP contribution in [0.2, 0.25) is 0 Å². The van der Waals surface area contributed by atoms with Crippen molar-refractivity contribution in [2.24, 2.45) is 0 Å². The topological polar surface area (TPSA) is 21.7 Å². The Morgan fingerprint density at radius 3 is 1.76 bits per heavy atom. The van der Waals surface area contributed by atoms with Gasteiger partial charge in [0, 0.05) is 5.69 Å². The van der Waals surface area contributed by atoms with E-state index in [0.29, 0.717) is 17.9 Å². The van der Waals surface area contributed by atoms with Gasteiger partial charge in [0.05, 0.1) is 5.75 Å². The summed E-state index contributed by atoms with van der Waals surface area (Å²) in [6.45, 7) is 15.1. The van der Waals surface area contributed by atoms with Crippen molar-refractivity contribution in [2.75, 3.05) is 4.90 Å². The monoisotopic (exact) mass is 678 g/mol. The van der Waals surface area contributed by atoms with Gasteiger partial charge in [-0.25, -0.2) is 0 Å². The van der Waals surface area contributed by atoms with Gasteiger partial charge in [-0.15, -0.1) is 0 Å². The number of anilines is 1. The van der Waals surface area contributed by atoms with Crippen LogP contribution in [0.5, 0.6) is 17.2 Å². The fourth-order valence-corrected chi connectivity index (χ4v) is 5.97. The Morgan fingerprint density at radius 1 is 0.683 bits per heavy atom. The van der Waals surface area contributed by atoms with Crippen LogP contribution in [-0.4, -0.2) is 10.7 Å². The van der Waals surface area contributed by atoms with E-state index in [1.54, 1.807) is 0 Å². The van der Waals surface area contributed by atoms with Crippen LogP contribution in [0.1, 0.15) is 70.1 Å². The number of ether oxygens (including phenoxy) is 2. The van der Waals surface area contributed by atoms with E-state index >= 15 is 0 Å². The molecular formula is C35H40Cl2NO2Ru-. The zero-order chi connectivity index (χ0) is 29.8. The third kappa shape index (κ3) is 10.3. The second kappa shape index (κ2) is 16.7. The molecule has 0 amide bonds. The Hall–Kier alpha value is -2.65. The van der Waals surface area contributed by atoms with E-state index in [9.17, 15) is 0 Å². The van der Waals surface area contributed by atoms with Crippen LogP contribution < -0.4 is 14.4 Å². The first-order valence-electron chi connectivity index (χ1n) is 13.8. The second-order valence-corrected chi connectivity index (χ2v) is 16.1. The fraction of sp³-hybridized carbons (Fsp3) is 0.257. The van der Waals surface area contributed by atoms with Crippen LogP contribution in [0.4, 0.5) is 5.69 Å². The first-order valence-corrected chi connectivity index (χ1v) is 19.3. The number of halogens is 2. The molecule has 0 atom stereocenters. The molecule has 0 bridgehead atoms. The molecule has 4 aromatic rings. The second-order valence-electron chi connectivity index (χ2n) is 10.4. The normalized spacial score (nSPS) is 11.1. The van der Waals surface area contributed by atoms with Crippen LogP contribution in [0.15, 0.2) is 103 Å². The summed E-state index contributed by atoms with van der Waals surface area (Å²) in [5.41, 5.74) is 4.60. The van der Waals surface area contributed by atoms with Crippen LogP contribution in [0.3, 0.4) is 0 Å². The maximum atomic E-state index is 6.27. The fourth-order valence-electron chi connectivity index (χ4n) is 4.17.